The topological polar surface area (TPSA) is 134 Å². The molecule has 4 N–H and O–H groups in total. The predicted octanol–water partition coefficient (Wildman–Crippen LogP) is 1.72. The van der Waals surface area contributed by atoms with Gasteiger partial charge in [-0.1, -0.05) is 30.3 Å². The van der Waals surface area contributed by atoms with Gasteiger partial charge in [-0.15, -0.1) is 0 Å². The third kappa shape index (κ3) is 1.77. The van der Waals surface area contributed by atoms with Crippen molar-refractivity contribution in [2.75, 3.05) is 10.0 Å². The number of hydrogen-bond donors (Lipinski definition) is 3. The Morgan fingerprint density at radius 1 is 1.07 bits per heavy atom. The van der Waals surface area contributed by atoms with E-state index in [1.165, 1.54) is 0 Å². The molecule has 2 aromatic carbocycles. The van der Waals surface area contributed by atoms with E-state index in [0.29, 0.717) is 22.5 Å². The van der Waals surface area contributed by atoms with E-state index in [9.17, 15) is 18.5 Å². The van der Waals surface area contributed by atoms with Crippen LogP contribution >= 0.6 is 0 Å². The summed E-state index contributed by atoms with van der Waals surface area (Å²) < 4.78 is 34.6. The minimum absolute atomic E-state index is 0.0577. The van der Waals surface area contributed by atoms with Gasteiger partial charge in [-0.05, 0) is 18.2 Å². The minimum Gasteiger partial charge on any atom is -0.439 e. The van der Waals surface area contributed by atoms with Crippen LogP contribution in [0.5, 0.6) is 0 Å². The molecule has 28 heavy (non-hydrogen) atoms. The molecule has 3 aliphatic rings. The average Bonchev–Trinajstić information content (AvgIpc) is 2.94. The van der Waals surface area contributed by atoms with Crippen LogP contribution in [0.3, 0.4) is 0 Å². The quantitative estimate of drug-likeness (QED) is 0.625. The summed E-state index contributed by atoms with van der Waals surface area (Å²) in [6.45, 7) is 0. The highest BCUT2D eigenvalue weighted by Gasteiger charge is 2.62. The van der Waals surface area contributed by atoms with Gasteiger partial charge >= 0.3 is 0 Å². The number of para-hydroxylation sites is 2. The highest BCUT2D eigenvalue weighted by molar-refractivity contribution is 7.97. The van der Waals surface area contributed by atoms with E-state index in [1.807, 2.05) is 6.07 Å². The van der Waals surface area contributed by atoms with E-state index < -0.39 is 21.3 Å². The summed E-state index contributed by atoms with van der Waals surface area (Å²) in [5, 5.41) is 12.5. The molecule has 138 valence electrons. The van der Waals surface area contributed by atoms with Crippen LogP contribution in [-0.4, -0.2) is 14.3 Å². The summed E-state index contributed by atoms with van der Waals surface area (Å²) in [5.41, 5.74) is 5.31. The molecule has 0 aliphatic carbocycles. The van der Waals surface area contributed by atoms with Gasteiger partial charge in [0.15, 0.2) is 11.2 Å². The maximum absolute atomic E-state index is 13.3. The molecule has 5 rings (SSSR count). The van der Waals surface area contributed by atoms with Gasteiger partial charge in [-0.2, -0.15) is 5.26 Å². The zero-order valence-electron chi connectivity index (χ0n) is 14.2. The maximum atomic E-state index is 13.3. The van der Waals surface area contributed by atoms with Gasteiger partial charge in [-0.3, -0.25) is 9.52 Å². The summed E-state index contributed by atoms with van der Waals surface area (Å²) in [6.07, 6.45) is 0. The molecule has 8 nitrogen and oxygen atoms in total. The maximum Gasteiger partial charge on any atom is 0.263 e. The van der Waals surface area contributed by atoms with Crippen LogP contribution in [0, 0.1) is 11.3 Å². The second-order valence-corrected chi connectivity index (χ2v) is 8.13. The lowest BCUT2D eigenvalue weighted by Crippen LogP contribution is -2.47. The van der Waals surface area contributed by atoms with Crippen LogP contribution < -0.4 is 15.8 Å². The van der Waals surface area contributed by atoms with Crippen molar-refractivity contribution in [3.8, 4) is 6.07 Å². The number of rotatable bonds is 0. The zero-order valence-corrected chi connectivity index (χ0v) is 15.0. The number of amides is 1. The molecule has 0 fully saturated rings. The van der Waals surface area contributed by atoms with Crippen molar-refractivity contribution >= 4 is 33.1 Å². The number of sulfonamides is 1. The number of carbonyl (C=O) groups excluding carboxylic acids is 1. The standard InChI is InChI=1S/C19H12N4O4S/c20-9-12-17(21)27-15-10-5-1-3-7-13(10)23-28(25,26)16(15)19(12)11-6-2-4-8-14(11)22-18(19)24/h1-8,23H,21H2,(H,22,24). The molecule has 3 heterocycles. The Labute approximate surface area is 160 Å². The highest BCUT2D eigenvalue weighted by Crippen LogP contribution is 2.56. The largest absolute Gasteiger partial charge is 0.439 e. The molecule has 0 aromatic heterocycles. The average molecular weight is 392 g/mol. The SMILES string of the molecule is N#CC1=C(N)OC2=C(C13C(=O)Nc1ccccc13)S(=O)(=O)Nc1ccccc12. The van der Waals surface area contributed by atoms with Crippen molar-refractivity contribution in [1.29, 1.82) is 5.26 Å². The van der Waals surface area contributed by atoms with Crippen LogP contribution in [-0.2, 0) is 25.0 Å². The summed E-state index contributed by atoms with van der Waals surface area (Å²) in [7, 11) is -4.23. The molecule has 1 atom stereocenters. The van der Waals surface area contributed by atoms with Gasteiger partial charge in [0.1, 0.15) is 16.5 Å². The Morgan fingerprint density at radius 3 is 2.50 bits per heavy atom. The van der Waals surface area contributed by atoms with E-state index in [-0.39, 0.29) is 22.1 Å². The van der Waals surface area contributed by atoms with Crippen molar-refractivity contribution in [2.24, 2.45) is 5.73 Å². The Balaban J connectivity index is 1.98. The van der Waals surface area contributed by atoms with Gasteiger partial charge in [0.25, 0.3) is 10.0 Å². The van der Waals surface area contributed by atoms with Crippen molar-refractivity contribution in [2.45, 2.75) is 5.41 Å². The van der Waals surface area contributed by atoms with Gasteiger partial charge in [-0.25, -0.2) is 8.42 Å². The highest BCUT2D eigenvalue weighted by atomic mass is 32.2. The number of ether oxygens (including phenoxy) is 1. The number of carbonyl (C=O) groups is 1. The fourth-order valence-corrected chi connectivity index (χ4v) is 5.69. The van der Waals surface area contributed by atoms with Gasteiger partial charge in [0, 0.05) is 16.8 Å². The Hall–Kier alpha value is -3.77. The monoisotopic (exact) mass is 392 g/mol. The predicted molar refractivity (Wildman–Crippen MR) is 101 cm³/mol. The first-order valence-corrected chi connectivity index (χ1v) is 9.75. The number of nitriles is 1. The molecule has 3 aliphatic heterocycles. The second kappa shape index (κ2) is 5.15. The van der Waals surface area contributed by atoms with E-state index in [0.717, 1.165) is 0 Å². The first-order chi connectivity index (χ1) is 13.4. The van der Waals surface area contributed by atoms with Crippen LogP contribution in [0.4, 0.5) is 11.4 Å². The molecule has 1 amide bonds. The minimum atomic E-state index is -4.23. The molecular formula is C19H12N4O4S. The number of nitrogens with two attached hydrogens (primary N) is 1. The number of nitrogens with zero attached hydrogens (tertiary/aromatic N) is 1. The fourth-order valence-electron chi connectivity index (χ4n) is 4.01. The van der Waals surface area contributed by atoms with Crippen molar-refractivity contribution in [3.63, 3.8) is 0 Å². The Morgan fingerprint density at radius 2 is 1.75 bits per heavy atom. The molecule has 1 spiro atoms. The molecule has 1 unspecified atom stereocenters. The van der Waals surface area contributed by atoms with E-state index >= 15 is 0 Å². The van der Waals surface area contributed by atoms with Gasteiger partial charge < -0.3 is 15.8 Å². The van der Waals surface area contributed by atoms with Gasteiger partial charge in [0.05, 0.1) is 5.69 Å². The van der Waals surface area contributed by atoms with Crippen molar-refractivity contribution in [3.05, 3.63) is 76.0 Å². The second-order valence-electron chi connectivity index (χ2n) is 6.51. The van der Waals surface area contributed by atoms with Crippen molar-refractivity contribution < 1.29 is 17.9 Å². The van der Waals surface area contributed by atoms with Gasteiger partial charge in [0.2, 0.25) is 11.8 Å². The smallest absolute Gasteiger partial charge is 0.263 e. The lowest BCUT2D eigenvalue weighted by atomic mass is 9.73. The summed E-state index contributed by atoms with van der Waals surface area (Å²) in [6, 6.07) is 15.1. The molecule has 0 bridgehead atoms. The van der Waals surface area contributed by atoms with Crippen LogP contribution in [0.2, 0.25) is 0 Å². The van der Waals surface area contributed by atoms with Crippen LogP contribution in [0.25, 0.3) is 5.76 Å². The first-order valence-electron chi connectivity index (χ1n) is 8.27. The Kier molecular flexibility index (Phi) is 3.02. The van der Waals surface area contributed by atoms with Crippen LogP contribution in [0.1, 0.15) is 11.1 Å². The molecule has 0 radical (unpaired) electrons. The molecular weight excluding hydrogens is 380 g/mol. The van der Waals surface area contributed by atoms with Crippen molar-refractivity contribution in [1.82, 2.24) is 0 Å². The third-order valence-electron chi connectivity index (χ3n) is 5.10. The molecule has 9 heteroatoms. The third-order valence-corrected chi connectivity index (χ3v) is 6.61. The number of anilines is 2. The fraction of sp³-hybridized carbons (Fsp3) is 0.0526. The number of nitrogens with one attached hydrogen (secondary N) is 2. The summed E-state index contributed by atoms with van der Waals surface area (Å²) in [4.78, 5) is 12.9. The van der Waals surface area contributed by atoms with E-state index in [2.05, 4.69) is 10.0 Å². The lowest BCUT2D eigenvalue weighted by Gasteiger charge is -2.37. The number of benzene rings is 2. The summed E-state index contributed by atoms with van der Waals surface area (Å²) in [5.74, 6) is -1.04. The zero-order chi connectivity index (χ0) is 19.7. The first kappa shape index (κ1) is 16.4. The van der Waals surface area contributed by atoms with Crippen LogP contribution in [0.15, 0.2) is 64.9 Å². The molecule has 0 saturated heterocycles. The lowest BCUT2D eigenvalue weighted by molar-refractivity contribution is -0.118. The normalized spacial score (nSPS) is 23.8. The van der Waals surface area contributed by atoms with E-state index in [1.54, 1.807) is 48.5 Å². The number of fused-ring (bicyclic) bond motifs is 5. The Bertz CT molecular complexity index is 1300. The molecule has 0 saturated carbocycles. The number of hydrogen-bond acceptors (Lipinski definition) is 6. The molecule has 2 aromatic rings. The summed E-state index contributed by atoms with van der Waals surface area (Å²) >= 11 is 0. The van der Waals surface area contributed by atoms with E-state index in [4.69, 9.17) is 10.5 Å².